The average Bonchev–Trinajstić information content (AvgIpc) is 3.43. The maximum Gasteiger partial charge on any atom is 0.191 e. The van der Waals surface area contributed by atoms with Gasteiger partial charge in [0.1, 0.15) is 11.5 Å². The van der Waals surface area contributed by atoms with Gasteiger partial charge >= 0.3 is 0 Å². The van der Waals surface area contributed by atoms with E-state index in [0.717, 1.165) is 23.5 Å². The number of guanidine groups is 1. The van der Waals surface area contributed by atoms with E-state index in [1.54, 1.807) is 17.6 Å². The first-order chi connectivity index (χ1) is 14.6. The van der Waals surface area contributed by atoms with E-state index in [4.69, 9.17) is 9.15 Å². The molecule has 0 fully saturated rings. The minimum Gasteiger partial charge on any atom is -0.491 e. The summed E-state index contributed by atoms with van der Waals surface area (Å²) in [7, 11) is 0. The number of halogens is 1. The normalized spacial score (nSPS) is 12.3. The number of aliphatic hydroxyl groups excluding tert-OH is 1. The predicted octanol–water partition coefficient (Wildman–Crippen LogP) is 4.76. The summed E-state index contributed by atoms with van der Waals surface area (Å²) in [6.45, 7) is 5.56. The number of hydrogen-bond donors (Lipinski definition) is 3. The molecular formula is C23H30IN3O3S. The second-order valence-corrected chi connectivity index (χ2v) is 8.17. The van der Waals surface area contributed by atoms with Gasteiger partial charge in [0.2, 0.25) is 0 Å². The molecule has 1 atom stereocenters. The first-order valence-electron chi connectivity index (χ1n) is 10.1. The number of aliphatic imine (C=N–C) groups is 1. The maximum absolute atomic E-state index is 10.6. The van der Waals surface area contributed by atoms with Crippen molar-refractivity contribution < 1.29 is 14.3 Å². The third kappa shape index (κ3) is 8.92. The highest BCUT2D eigenvalue weighted by Gasteiger charge is 2.11. The van der Waals surface area contributed by atoms with E-state index in [-0.39, 0.29) is 30.1 Å². The molecule has 168 valence electrons. The molecule has 0 aliphatic carbocycles. The van der Waals surface area contributed by atoms with Crippen molar-refractivity contribution in [2.75, 3.05) is 13.1 Å². The van der Waals surface area contributed by atoms with Crippen LogP contribution in [-0.4, -0.2) is 30.3 Å². The highest BCUT2D eigenvalue weighted by Crippen LogP contribution is 2.20. The third-order valence-corrected chi connectivity index (χ3v) is 5.16. The van der Waals surface area contributed by atoms with Crippen LogP contribution < -0.4 is 15.4 Å². The van der Waals surface area contributed by atoms with E-state index in [0.29, 0.717) is 25.6 Å². The fourth-order valence-electron chi connectivity index (χ4n) is 2.87. The molecule has 0 bridgehead atoms. The van der Waals surface area contributed by atoms with Crippen LogP contribution in [0.15, 0.2) is 69.6 Å². The van der Waals surface area contributed by atoms with E-state index >= 15 is 0 Å². The molecule has 0 amide bonds. The number of rotatable bonds is 10. The Morgan fingerprint density at radius 3 is 2.74 bits per heavy atom. The smallest absolute Gasteiger partial charge is 0.191 e. The van der Waals surface area contributed by atoms with E-state index in [9.17, 15) is 5.11 Å². The highest BCUT2D eigenvalue weighted by atomic mass is 127. The van der Waals surface area contributed by atoms with E-state index in [1.807, 2.05) is 61.7 Å². The van der Waals surface area contributed by atoms with Crippen LogP contribution in [-0.2, 0) is 13.0 Å². The molecule has 2 aromatic heterocycles. The Balaban J connectivity index is 0.00000341. The van der Waals surface area contributed by atoms with Crippen LogP contribution in [0.25, 0.3) is 0 Å². The van der Waals surface area contributed by atoms with Gasteiger partial charge in [-0.3, -0.25) is 0 Å². The van der Waals surface area contributed by atoms with Crippen molar-refractivity contribution in [1.82, 2.24) is 10.6 Å². The molecule has 1 unspecified atom stereocenters. The molecule has 3 rings (SSSR count). The van der Waals surface area contributed by atoms with Gasteiger partial charge in [0.05, 0.1) is 25.0 Å². The maximum atomic E-state index is 10.6. The predicted molar refractivity (Wildman–Crippen MR) is 136 cm³/mol. The van der Waals surface area contributed by atoms with Crippen molar-refractivity contribution in [1.29, 1.82) is 0 Å². The van der Waals surface area contributed by atoms with Crippen molar-refractivity contribution in [3.8, 4) is 5.75 Å². The Bertz CT molecular complexity index is 899. The number of hydrogen-bond acceptors (Lipinski definition) is 5. The van der Waals surface area contributed by atoms with Gasteiger partial charge in [-0.1, -0.05) is 18.2 Å². The van der Waals surface area contributed by atoms with Gasteiger partial charge in [0.25, 0.3) is 0 Å². The van der Waals surface area contributed by atoms with Crippen LogP contribution in [0, 0.1) is 0 Å². The first-order valence-corrected chi connectivity index (χ1v) is 11.0. The van der Waals surface area contributed by atoms with E-state index in [2.05, 4.69) is 21.7 Å². The Hall–Kier alpha value is -2.04. The van der Waals surface area contributed by atoms with Gasteiger partial charge in [-0.05, 0) is 55.1 Å². The largest absolute Gasteiger partial charge is 0.491 e. The Morgan fingerprint density at radius 2 is 2.03 bits per heavy atom. The molecule has 0 saturated carbocycles. The molecule has 3 N–H and O–H groups in total. The van der Waals surface area contributed by atoms with Gasteiger partial charge in [-0.2, -0.15) is 0 Å². The number of nitrogens with zero attached hydrogens (tertiary/aromatic N) is 1. The Labute approximate surface area is 204 Å². The van der Waals surface area contributed by atoms with Crippen molar-refractivity contribution >= 4 is 41.3 Å². The fourth-order valence-corrected chi connectivity index (χ4v) is 3.50. The molecule has 0 saturated heterocycles. The van der Waals surface area contributed by atoms with Crippen LogP contribution in [0.4, 0.5) is 0 Å². The van der Waals surface area contributed by atoms with Crippen LogP contribution in [0.5, 0.6) is 5.75 Å². The minimum atomic E-state index is -0.681. The molecule has 6 nitrogen and oxygen atoms in total. The summed E-state index contributed by atoms with van der Waals surface area (Å²) in [6, 6.07) is 15.5. The zero-order valence-electron chi connectivity index (χ0n) is 17.8. The molecule has 3 aromatic rings. The van der Waals surface area contributed by atoms with Crippen molar-refractivity contribution in [2.24, 2.45) is 4.99 Å². The molecule has 0 aliphatic heterocycles. The second-order valence-electron chi connectivity index (χ2n) is 7.14. The van der Waals surface area contributed by atoms with Gasteiger partial charge in [-0.15, -0.1) is 35.3 Å². The number of aliphatic hydroxyl groups is 1. The van der Waals surface area contributed by atoms with E-state index < -0.39 is 6.10 Å². The van der Waals surface area contributed by atoms with Gasteiger partial charge in [0.15, 0.2) is 5.96 Å². The molecule has 31 heavy (non-hydrogen) atoms. The second kappa shape index (κ2) is 13.4. The van der Waals surface area contributed by atoms with Crippen LogP contribution in [0.3, 0.4) is 0 Å². The summed E-state index contributed by atoms with van der Waals surface area (Å²) >= 11 is 1.67. The average molecular weight is 555 g/mol. The minimum absolute atomic E-state index is 0. The van der Waals surface area contributed by atoms with E-state index in [1.165, 1.54) is 4.88 Å². The summed E-state index contributed by atoms with van der Waals surface area (Å²) in [5.41, 5.74) is 0.800. The Morgan fingerprint density at radius 1 is 1.16 bits per heavy atom. The van der Waals surface area contributed by atoms with Gasteiger partial charge < -0.3 is 24.9 Å². The number of ether oxygens (including phenoxy) is 1. The molecule has 0 aliphatic rings. The zero-order chi connectivity index (χ0) is 21.2. The molecule has 0 radical (unpaired) electrons. The SMILES string of the molecule is CC(C)Oc1cccc(C(O)CNC(=NCc2cccs2)NCCc2ccco2)c1.I. The summed E-state index contributed by atoms with van der Waals surface area (Å²) in [4.78, 5) is 5.83. The quantitative estimate of drug-likeness (QED) is 0.191. The number of nitrogens with one attached hydrogen (secondary N) is 2. The highest BCUT2D eigenvalue weighted by molar-refractivity contribution is 14.0. The lowest BCUT2D eigenvalue weighted by Crippen LogP contribution is -2.40. The standard InChI is InChI=1S/C23H29N3O3S.HI/c1-17(2)29-20-7-3-6-18(14-20)22(27)16-26-23(25-15-21-9-5-13-30-21)24-11-10-19-8-4-12-28-19;/h3-9,12-14,17,22,27H,10-11,15-16H2,1-2H3,(H2,24,25,26);1H. The fraction of sp³-hybridized carbons (Fsp3) is 0.348. The number of benzene rings is 1. The summed E-state index contributed by atoms with van der Waals surface area (Å²) in [6.07, 6.45) is 1.83. The summed E-state index contributed by atoms with van der Waals surface area (Å²) in [5, 5.41) is 19.2. The molecule has 8 heteroatoms. The Kier molecular flexibility index (Phi) is 10.9. The number of furan rings is 1. The zero-order valence-corrected chi connectivity index (χ0v) is 20.9. The van der Waals surface area contributed by atoms with Crippen LogP contribution in [0.1, 0.15) is 36.2 Å². The van der Waals surface area contributed by atoms with Gasteiger partial charge in [-0.25, -0.2) is 4.99 Å². The molecule has 0 spiro atoms. The molecule has 1 aromatic carbocycles. The molecule has 2 heterocycles. The first kappa shape index (κ1) is 25.2. The van der Waals surface area contributed by atoms with Crippen molar-refractivity contribution in [2.45, 2.75) is 39.0 Å². The van der Waals surface area contributed by atoms with Crippen molar-refractivity contribution in [3.05, 3.63) is 76.4 Å². The van der Waals surface area contributed by atoms with Crippen molar-refractivity contribution in [3.63, 3.8) is 0 Å². The lowest BCUT2D eigenvalue weighted by molar-refractivity contribution is 0.179. The lowest BCUT2D eigenvalue weighted by Gasteiger charge is -2.17. The summed E-state index contributed by atoms with van der Waals surface area (Å²) in [5.74, 6) is 2.33. The molecular weight excluding hydrogens is 525 g/mol. The monoisotopic (exact) mass is 555 g/mol. The number of thiophene rings is 1. The summed E-state index contributed by atoms with van der Waals surface area (Å²) < 4.78 is 11.1. The third-order valence-electron chi connectivity index (χ3n) is 4.29. The lowest BCUT2D eigenvalue weighted by atomic mass is 10.1. The topological polar surface area (TPSA) is 79.0 Å². The van der Waals surface area contributed by atoms with Crippen LogP contribution >= 0.6 is 35.3 Å². The van der Waals surface area contributed by atoms with Gasteiger partial charge in [0, 0.05) is 24.4 Å². The van der Waals surface area contributed by atoms with Crippen LogP contribution in [0.2, 0.25) is 0 Å².